The van der Waals surface area contributed by atoms with Gasteiger partial charge < -0.3 is 15.3 Å². The molecular weight excluding hydrogens is 316 g/mol. The van der Waals surface area contributed by atoms with Crippen molar-refractivity contribution in [1.29, 1.82) is 0 Å². The molecule has 0 aliphatic heterocycles. The standard InChI is InChI=1S/C20H24N2O3/c1-22(2)20(25)17-10-8-16(9-11-17)19(24)21-14-18(12-13-23)15-6-4-3-5-7-15/h3-11,18,23H,12-14H2,1-2H3,(H,21,24). The molecule has 2 rings (SSSR count). The second-order valence-electron chi connectivity index (χ2n) is 6.11. The Kier molecular flexibility index (Phi) is 6.71. The van der Waals surface area contributed by atoms with Crippen LogP contribution in [0.25, 0.3) is 0 Å². The molecule has 2 amide bonds. The molecule has 0 bridgehead atoms. The third-order valence-corrected chi connectivity index (χ3v) is 4.06. The van der Waals surface area contributed by atoms with E-state index in [1.54, 1.807) is 38.4 Å². The summed E-state index contributed by atoms with van der Waals surface area (Å²) in [6.45, 7) is 0.512. The van der Waals surface area contributed by atoms with E-state index < -0.39 is 0 Å². The average molecular weight is 340 g/mol. The fraction of sp³-hybridized carbons (Fsp3) is 0.300. The van der Waals surface area contributed by atoms with Gasteiger partial charge in [-0.05, 0) is 36.2 Å². The first-order valence-electron chi connectivity index (χ1n) is 8.28. The highest BCUT2D eigenvalue weighted by molar-refractivity contribution is 5.97. The number of carbonyl (C=O) groups is 2. The molecule has 0 heterocycles. The number of aliphatic hydroxyl groups is 1. The normalized spacial score (nSPS) is 11.6. The Hall–Kier alpha value is -2.66. The summed E-state index contributed by atoms with van der Waals surface area (Å²) in [5.41, 5.74) is 2.14. The summed E-state index contributed by atoms with van der Waals surface area (Å²) in [6, 6.07) is 16.4. The van der Waals surface area contributed by atoms with Crippen molar-refractivity contribution in [2.45, 2.75) is 12.3 Å². The maximum Gasteiger partial charge on any atom is 0.253 e. The van der Waals surface area contributed by atoms with Gasteiger partial charge in [-0.25, -0.2) is 0 Å². The third kappa shape index (κ3) is 5.16. The van der Waals surface area contributed by atoms with E-state index in [1.807, 2.05) is 30.3 Å². The van der Waals surface area contributed by atoms with E-state index in [2.05, 4.69) is 5.32 Å². The van der Waals surface area contributed by atoms with E-state index >= 15 is 0 Å². The Morgan fingerprint density at radius 1 is 1.00 bits per heavy atom. The number of hydrogen-bond donors (Lipinski definition) is 2. The van der Waals surface area contributed by atoms with Crippen LogP contribution in [0.5, 0.6) is 0 Å². The van der Waals surface area contributed by atoms with Crippen molar-refractivity contribution in [1.82, 2.24) is 10.2 Å². The quantitative estimate of drug-likeness (QED) is 0.812. The van der Waals surface area contributed by atoms with Gasteiger partial charge in [-0.15, -0.1) is 0 Å². The first kappa shape index (κ1) is 18.7. The summed E-state index contributed by atoms with van der Waals surface area (Å²) in [5.74, 6) is -0.230. The molecule has 2 aromatic carbocycles. The number of benzene rings is 2. The van der Waals surface area contributed by atoms with Crippen molar-refractivity contribution >= 4 is 11.8 Å². The van der Waals surface area contributed by atoms with Crippen LogP contribution in [-0.2, 0) is 0 Å². The van der Waals surface area contributed by atoms with Crippen LogP contribution in [0.4, 0.5) is 0 Å². The van der Waals surface area contributed by atoms with Gasteiger partial charge in [0.2, 0.25) is 0 Å². The van der Waals surface area contributed by atoms with Crippen LogP contribution in [0, 0.1) is 0 Å². The fourth-order valence-electron chi connectivity index (χ4n) is 2.61. The van der Waals surface area contributed by atoms with Crippen molar-refractivity contribution in [2.24, 2.45) is 0 Å². The minimum absolute atomic E-state index is 0.0599. The Bertz CT molecular complexity index is 697. The minimum atomic E-state index is -0.192. The fourth-order valence-corrected chi connectivity index (χ4v) is 2.61. The highest BCUT2D eigenvalue weighted by atomic mass is 16.3. The van der Waals surface area contributed by atoms with E-state index in [1.165, 1.54) is 4.90 Å². The maximum absolute atomic E-state index is 12.3. The first-order chi connectivity index (χ1) is 12.0. The van der Waals surface area contributed by atoms with E-state index in [0.717, 1.165) is 5.56 Å². The highest BCUT2D eigenvalue weighted by Crippen LogP contribution is 2.18. The van der Waals surface area contributed by atoms with Crippen LogP contribution in [0.2, 0.25) is 0 Å². The van der Waals surface area contributed by atoms with Gasteiger partial charge in [-0.1, -0.05) is 30.3 Å². The number of nitrogens with zero attached hydrogens (tertiary/aromatic N) is 1. The van der Waals surface area contributed by atoms with E-state index in [0.29, 0.717) is 24.1 Å². The lowest BCUT2D eigenvalue weighted by Crippen LogP contribution is -2.29. The molecule has 2 N–H and O–H groups in total. The largest absolute Gasteiger partial charge is 0.396 e. The highest BCUT2D eigenvalue weighted by Gasteiger charge is 2.14. The smallest absolute Gasteiger partial charge is 0.253 e. The van der Waals surface area contributed by atoms with Crippen molar-refractivity contribution in [3.63, 3.8) is 0 Å². The molecular formula is C20H24N2O3. The van der Waals surface area contributed by atoms with Gasteiger partial charge >= 0.3 is 0 Å². The number of aliphatic hydroxyl groups excluding tert-OH is 1. The lowest BCUT2D eigenvalue weighted by atomic mass is 9.96. The lowest BCUT2D eigenvalue weighted by molar-refractivity contribution is 0.0826. The van der Waals surface area contributed by atoms with E-state index in [9.17, 15) is 14.7 Å². The zero-order valence-corrected chi connectivity index (χ0v) is 14.6. The number of amides is 2. The van der Waals surface area contributed by atoms with Gasteiger partial charge in [0.25, 0.3) is 11.8 Å². The molecule has 0 spiro atoms. The van der Waals surface area contributed by atoms with Gasteiger partial charge in [0.05, 0.1) is 0 Å². The summed E-state index contributed by atoms with van der Waals surface area (Å²) in [4.78, 5) is 25.7. The second-order valence-corrected chi connectivity index (χ2v) is 6.11. The summed E-state index contributed by atoms with van der Waals surface area (Å²) in [7, 11) is 3.38. The van der Waals surface area contributed by atoms with Gasteiger partial charge in [-0.2, -0.15) is 0 Å². The Morgan fingerprint density at radius 3 is 2.16 bits per heavy atom. The molecule has 0 radical (unpaired) electrons. The van der Waals surface area contributed by atoms with Gasteiger partial charge in [0.15, 0.2) is 0 Å². The predicted molar refractivity (Wildman–Crippen MR) is 97.7 cm³/mol. The SMILES string of the molecule is CN(C)C(=O)c1ccc(C(=O)NCC(CCO)c2ccccc2)cc1. The van der Waals surface area contributed by atoms with Crippen molar-refractivity contribution in [2.75, 3.05) is 27.2 Å². The molecule has 0 saturated heterocycles. The minimum Gasteiger partial charge on any atom is -0.396 e. The molecule has 5 heteroatoms. The molecule has 0 aromatic heterocycles. The Labute approximate surface area is 148 Å². The van der Waals surface area contributed by atoms with Gasteiger partial charge in [-0.3, -0.25) is 9.59 Å². The third-order valence-electron chi connectivity index (χ3n) is 4.06. The molecule has 0 fully saturated rings. The summed E-state index contributed by atoms with van der Waals surface area (Å²) >= 11 is 0. The molecule has 1 unspecified atom stereocenters. The molecule has 2 aromatic rings. The monoisotopic (exact) mass is 340 g/mol. The maximum atomic E-state index is 12.3. The number of rotatable bonds is 7. The van der Waals surface area contributed by atoms with Crippen molar-refractivity contribution in [3.05, 3.63) is 71.3 Å². The second kappa shape index (κ2) is 8.99. The summed E-state index contributed by atoms with van der Waals surface area (Å²) < 4.78 is 0. The molecule has 0 aliphatic rings. The molecule has 1 atom stereocenters. The van der Waals surface area contributed by atoms with Crippen molar-refractivity contribution < 1.29 is 14.7 Å². The molecule has 5 nitrogen and oxygen atoms in total. The van der Waals surface area contributed by atoms with Gasteiger partial charge in [0.1, 0.15) is 0 Å². The van der Waals surface area contributed by atoms with E-state index in [4.69, 9.17) is 0 Å². The van der Waals surface area contributed by atoms with E-state index in [-0.39, 0.29) is 24.3 Å². The molecule has 0 saturated carbocycles. The molecule has 25 heavy (non-hydrogen) atoms. The van der Waals surface area contributed by atoms with Crippen molar-refractivity contribution in [3.8, 4) is 0 Å². The first-order valence-corrected chi connectivity index (χ1v) is 8.28. The van der Waals surface area contributed by atoms with Crippen LogP contribution in [-0.4, -0.2) is 49.1 Å². The van der Waals surface area contributed by atoms with Crippen LogP contribution in [0.3, 0.4) is 0 Å². The number of hydrogen-bond acceptors (Lipinski definition) is 3. The predicted octanol–water partition coefficient (Wildman–Crippen LogP) is 2.28. The average Bonchev–Trinajstić information content (AvgIpc) is 2.65. The van der Waals surface area contributed by atoms with Crippen LogP contribution in [0.1, 0.15) is 38.6 Å². The summed E-state index contributed by atoms with van der Waals surface area (Å²) in [5, 5.41) is 12.2. The van der Waals surface area contributed by atoms with Crippen LogP contribution >= 0.6 is 0 Å². The Morgan fingerprint density at radius 2 is 1.60 bits per heavy atom. The Balaban J connectivity index is 2.00. The van der Waals surface area contributed by atoms with Gasteiger partial charge in [0, 0.05) is 44.3 Å². The summed E-state index contributed by atoms with van der Waals surface area (Å²) in [6.07, 6.45) is 0.584. The lowest BCUT2D eigenvalue weighted by Gasteiger charge is -2.17. The molecule has 132 valence electrons. The zero-order valence-electron chi connectivity index (χ0n) is 14.6. The van der Waals surface area contributed by atoms with Crippen LogP contribution in [0.15, 0.2) is 54.6 Å². The van der Waals surface area contributed by atoms with Crippen LogP contribution < -0.4 is 5.32 Å². The number of nitrogens with one attached hydrogen (secondary N) is 1. The number of carbonyl (C=O) groups excluding carboxylic acids is 2. The topological polar surface area (TPSA) is 69.6 Å². The molecule has 0 aliphatic carbocycles. The zero-order chi connectivity index (χ0) is 18.2.